The lowest BCUT2D eigenvalue weighted by Crippen LogP contribution is -2.39. The second-order valence-electron chi connectivity index (χ2n) is 3.81. The molecule has 0 aliphatic rings. The second kappa shape index (κ2) is 7.80. The van der Waals surface area contributed by atoms with E-state index in [1.807, 2.05) is 0 Å². The molecule has 0 saturated heterocycles. The first kappa shape index (κ1) is 13.4. The molecule has 0 radical (unpaired) electrons. The first-order valence-electron chi connectivity index (χ1n) is 5.67. The van der Waals surface area contributed by atoms with Crippen molar-refractivity contribution in [3.05, 3.63) is 0 Å². The van der Waals surface area contributed by atoms with Crippen LogP contribution in [0.3, 0.4) is 0 Å². The smallest absolute Gasteiger partial charge is 0.218 e. The van der Waals surface area contributed by atoms with E-state index in [0.717, 1.165) is 25.8 Å². The Balaban J connectivity index is 4.12. The monoisotopic (exact) mass is 200 g/mol. The van der Waals surface area contributed by atoms with Gasteiger partial charge in [0.15, 0.2) is 0 Å². The van der Waals surface area contributed by atoms with E-state index in [1.54, 1.807) is 0 Å². The van der Waals surface area contributed by atoms with Crippen LogP contribution in [0.4, 0.5) is 0 Å². The van der Waals surface area contributed by atoms with E-state index in [0.29, 0.717) is 12.3 Å². The van der Waals surface area contributed by atoms with Gasteiger partial charge in [0, 0.05) is 12.5 Å². The highest BCUT2D eigenvalue weighted by Crippen LogP contribution is 2.15. The predicted octanol–water partition coefficient (Wildman–Crippen LogP) is 1.67. The third kappa shape index (κ3) is 5.22. The van der Waals surface area contributed by atoms with Gasteiger partial charge in [0.1, 0.15) is 0 Å². The molecule has 0 saturated carbocycles. The van der Waals surface area contributed by atoms with Crippen molar-refractivity contribution in [2.75, 3.05) is 6.54 Å². The number of carbonyl (C=O) groups is 1. The molecular weight excluding hydrogens is 176 g/mol. The van der Waals surface area contributed by atoms with Gasteiger partial charge in [0.25, 0.3) is 0 Å². The van der Waals surface area contributed by atoms with Crippen LogP contribution in [-0.2, 0) is 4.79 Å². The molecule has 0 aliphatic heterocycles. The zero-order valence-electron chi connectivity index (χ0n) is 9.68. The third-order valence-corrected chi connectivity index (χ3v) is 2.70. The van der Waals surface area contributed by atoms with Gasteiger partial charge < -0.3 is 11.1 Å². The van der Waals surface area contributed by atoms with Gasteiger partial charge in [-0.2, -0.15) is 0 Å². The number of amides is 1. The summed E-state index contributed by atoms with van der Waals surface area (Å²) in [7, 11) is 0. The summed E-state index contributed by atoms with van der Waals surface area (Å²) in [6.45, 7) is 7.42. The molecule has 3 N–H and O–H groups in total. The van der Waals surface area contributed by atoms with Gasteiger partial charge in [0.05, 0.1) is 0 Å². The molecule has 0 rings (SSSR count). The molecule has 14 heavy (non-hydrogen) atoms. The van der Waals surface area contributed by atoms with Crippen LogP contribution in [0.15, 0.2) is 0 Å². The van der Waals surface area contributed by atoms with Crippen molar-refractivity contribution in [2.45, 2.75) is 52.5 Å². The summed E-state index contributed by atoms with van der Waals surface area (Å²) < 4.78 is 0. The van der Waals surface area contributed by atoms with E-state index in [4.69, 9.17) is 5.73 Å². The van der Waals surface area contributed by atoms with Gasteiger partial charge in [-0.3, -0.25) is 4.79 Å². The number of nitrogens with two attached hydrogens (primary N) is 1. The number of rotatable bonds is 8. The number of nitrogens with one attached hydrogen (secondary N) is 1. The number of hydrogen-bond donors (Lipinski definition) is 2. The lowest BCUT2D eigenvalue weighted by Gasteiger charge is -2.25. The number of primary amides is 1. The average Bonchev–Trinajstić information content (AvgIpc) is 2.15. The molecule has 0 spiro atoms. The Bertz CT molecular complexity index is 155. The van der Waals surface area contributed by atoms with Crippen LogP contribution < -0.4 is 11.1 Å². The van der Waals surface area contributed by atoms with Gasteiger partial charge in [-0.05, 0) is 18.9 Å². The molecule has 84 valence electrons. The fourth-order valence-corrected chi connectivity index (χ4v) is 1.81. The predicted molar refractivity (Wildman–Crippen MR) is 60.0 cm³/mol. The molecule has 0 aromatic rings. The molecular formula is C11H24N2O. The Morgan fingerprint density at radius 1 is 1.29 bits per heavy atom. The Morgan fingerprint density at radius 3 is 2.21 bits per heavy atom. The maximum absolute atomic E-state index is 10.9. The molecule has 0 heterocycles. The molecule has 1 atom stereocenters. The summed E-state index contributed by atoms with van der Waals surface area (Å²) >= 11 is 0. The van der Waals surface area contributed by atoms with Crippen LogP contribution in [0.5, 0.6) is 0 Å². The largest absolute Gasteiger partial charge is 0.370 e. The van der Waals surface area contributed by atoms with Gasteiger partial charge in [-0.15, -0.1) is 0 Å². The normalized spacial score (nSPS) is 13.1. The van der Waals surface area contributed by atoms with Crippen LogP contribution in [-0.4, -0.2) is 18.5 Å². The van der Waals surface area contributed by atoms with E-state index < -0.39 is 0 Å². The molecule has 0 bridgehead atoms. The van der Waals surface area contributed by atoms with E-state index in [9.17, 15) is 4.79 Å². The molecule has 0 aromatic carbocycles. The lowest BCUT2D eigenvalue weighted by molar-refractivity contribution is -0.118. The third-order valence-electron chi connectivity index (χ3n) is 2.70. The Morgan fingerprint density at radius 2 is 1.86 bits per heavy atom. The van der Waals surface area contributed by atoms with Gasteiger partial charge in [-0.25, -0.2) is 0 Å². The maximum atomic E-state index is 10.9. The first-order valence-corrected chi connectivity index (χ1v) is 5.67. The highest BCUT2D eigenvalue weighted by atomic mass is 16.1. The minimum atomic E-state index is -0.203. The van der Waals surface area contributed by atoms with Crippen molar-refractivity contribution in [2.24, 2.45) is 11.7 Å². The molecule has 3 heteroatoms. The summed E-state index contributed by atoms with van der Waals surface area (Å²) in [5, 5.41) is 3.40. The summed E-state index contributed by atoms with van der Waals surface area (Å²) in [6.07, 6.45) is 3.76. The quantitative estimate of drug-likeness (QED) is 0.626. The number of carbonyl (C=O) groups excluding carboxylic acids is 1. The van der Waals surface area contributed by atoms with Crippen molar-refractivity contribution in [3.8, 4) is 0 Å². The van der Waals surface area contributed by atoms with Crippen LogP contribution in [0.1, 0.15) is 46.5 Å². The fourth-order valence-electron chi connectivity index (χ4n) is 1.81. The Kier molecular flexibility index (Phi) is 7.48. The van der Waals surface area contributed by atoms with Crippen LogP contribution in [0.2, 0.25) is 0 Å². The topological polar surface area (TPSA) is 55.1 Å². The van der Waals surface area contributed by atoms with Gasteiger partial charge in [-0.1, -0.05) is 33.6 Å². The van der Waals surface area contributed by atoms with Gasteiger partial charge in [0.2, 0.25) is 5.91 Å². The summed E-state index contributed by atoms with van der Waals surface area (Å²) in [5.41, 5.74) is 5.23. The molecule has 1 unspecified atom stereocenters. The lowest BCUT2D eigenvalue weighted by atomic mass is 9.91. The Labute approximate surface area is 87.4 Å². The van der Waals surface area contributed by atoms with E-state index in [1.165, 1.54) is 0 Å². The van der Waals surface area contributed by atoms with Crippen molar-refractivity contribution < 1.29 is 4.79 Å². The highest BCUT2D eigenvalue weighted by Gasteiger charge is 2.19. The minimum absolute atomic E-state index is 0.203. The summed E-state index contributed by atoms with van der Waals surface area (Å²) in [4.78, 5) is 10.9. The summed E-state index contributed by atoms with van der Waals surface area (Å²) in [5.74, 6) is 0.361. The van der Waals surface area contributed by atoms with Crippen LogP contribution in [0, 0.1) is 5.92 Å². The Hall–Kier alpha value is -0.570. The number of hydrogen-bond acceptors (Lipinski definition) is 2. The molecule has 1 amide bonds. The van der Waals surface area contributed by atoms with E-state index in [-0.39, 0.29) is 11.9 Å². The van der Waals surface area contributed by atoms with Crippen LogP contribution >= 0.6 is 0 Å². The standard InChI is InChI=1S/C11H24N2O/c1-4-7-13-10(8-11(12)14)9(5-2)6-3/h9-10,13H,4-8H2,1-3H3,(H2,12,14). The molecule has 0 fully saturated rings. The van der Waals surface area contributed by atoms with Gasteiger partial charge >= 0.3 is 0 Å². The zero-order chi connectivity index (χ0) is 11.0. The SMILES string of the molecule is CCCNC(CC(N)=O)C(CC)CC. The van der Waals surface area contributed by atoms with E-state index >= 15 is 0 Å². The van der Waals surface area contributed by atoms with Crippen molar-refractivity contribution in [1.29, 1.82) is 0 Å². The summed E-state index contributed by atoms with van der Waals surface area (Å²) in [6, 6.07) is 0.266. The molecule has 3 nitrogen and oxygen atoms in total. The van der Waals surface area contributed by atoms with Crippen molar-refractivity contribution in [3.63, 3.8) is 0 Å². The second-order valence-corrected chi connectivity index (χ2v) is 3.81. The van der Waals surface area contributed by atoms with Crippen molar-refractivity contribution >= 4 is 5.91 Å². The van der Waals surface area contributed by atoms with E-state index in [2.05, 4.69) is 26.1 Å². The fraction of sp³-hybridized carbons (Fsp3) is 0.909. The van der Waals surface area contributed by atoms with Crippen molar-refractivity contribution in [1.82, 2.24) is 5.32 Å². The molecule has 0 aromatic heterocycles. The first-order chi connectivity index (χ1) is 6.65. The zero-order valence-corrected chi connectivity index (χ0v) is 9.68. The molecule has 0 aliphatic carbocycles. The minimum Gasteiger partial charge on any atom is -0.370 e. The van der Waals surface area contributed by atoms with Crippen LogP contribution in [0.25, 0.3) is 0 Å². The average molecular weight is 200 g/mol. The highest BCUT2D eigenvalue weighted by molar-refractivity contribution is 5.74. The maximum Gasteiger partial charge on any atom is 0.218 e.